The molecule has 1 aromatic rings. The first kappa shape index (κ1) is 15.5. The molecule has 0 aromatic heterocycles. The molecule has 0 aliphatic rings. The van der Waals surface area contributed by atoms with Crippen molar-refractivity contribution >= 4 is 11.7 Å². The van der Waals surface area contributed by atoms with Gasteiger partial charge in [0.15, 0.2) is 0 Å². The highest BCUT2D eigenvalue weighted by atomic mass is 16.5. The van der Waals surface area contributed by atoms with Gasteiger partial charge in [-0.15, -0.1) is 0 Å². The Morgan fingerprint density at radius 3 is 2.84 bits per heavy atom. The van der Waals surface area contributed by atoms with Crippen molar-refractivity contribution in [3.05, 3.63) is 29.8 Å². The maximum Gasteiger partial charge on any atom is 0.319 e. The summed E-state index contributed by atoms with van der Waals surface area (Å²) in [6, 6.07) is 7.37. The largest absolute Gasteiger partial charge is 0.382 e. The van der Waals surface area contributed by atoms with Crippen molar-refractivity contribution in [3.63, 3.8) is 0 Å². The Bertz CT molecular complexity index is 383. The van der Waals surface area contributed by atoms with Crippen molar-refractivity contribution in [2.75, 3.05) is 32.2 Å². The number of hydrogen-bond donors (Lipinski definition) is 2. The molecule has 0 bridgehead atoms. The number of methoxy groups -OCH3 is 1. The molecule has 0 spiro atoms. The van der Waals surface area contributed by atoms with Crippen LogP contribution in [-0.4, -0.2) is 32.9 Å². The molecule has 106 valence electrons. The summed E-state index contributed by atoms with van der Waals surface area (Å²) in [5.74, 6) is 0. The molecule has 1 rings (SSSR count). The summed E-state index contributed by atoms with van der Waals surface area (Å²) in [5.41, 5.74) is 1.72. The second-order valence-electron chi connectivity index (χ2n) is 4.02. The molecule has 0 radical (unpaired) electrons. The van der Waals surface area contributed by atoms with Gasteiger partial charge in [-0.1, -0.05) is 18.2 Å². The van der Waals surface area contributed by atoms with Crippen LogP contribution in [0.3, 0.4) is 0 Å². The first-order chi connectivity index (χ1) is 9.27. The molecular weight excluding hydrogens is 244 g/mol. The van der Waals surface area contributed by atoms with Gasteiger partial charge in [-0.2, -0.15) is 0 Å². The number of anilines is 1. The minimum absolute atomic E-state index is 0.208. The number of ether oxygens (including phenoxy) is 2. The number of benzene rings is 1. The Kier molecular flexibility index (Phi) is 7.62. The molecule has 19 heavy (non-hydrogen) atoms. The second-order valence-corrected chi connectivity index (χ2v) is 4.02. The summed E-state index contributed by atoms with van der Waals surface area (Å²) in [6.07, 6.45) is 0.807. The van der Waals surface area contributed by atoms with E-state index >= 15 is 0 Å². The molecule has 0 atom stereocenters. The molecule has 0 heterocycles. The van der Waals surface area contributed by atoms with Crippen LogP contribution in [0.25, 0.3) is 0 Å². The summed E-state index contributed by atoms with van der Waals surface area (Å²) in [4.78, 5) is 11.7. The number of para-hydroxylation sites is 1. The Balaban J connectivity index is 2.35. The van der Waals surface area contributed by atoms with E-state index in [0.29, 0.717) is 26.4 Å². The Morgan fingerprint density at radius 1 is 1.32 bits per heavy atom. The van der Waals surface area contributed by atoms with E-state index in [0.717, 1.165) is 17.7 Å². The third-order valence-electron chi connectivity index (χ3n) is 2.52. The highest BCUT2D eigenvalue weighted by molar-refractivity contribution is 5.90. The van der Waals surface area contributed by atoms with E-state index in [9.17, 15) is 4.79 Å². The van der Waals surface area contributed by atoms with E-state index in [4.69, 9.17) is 9.47 Å². The molecular formula is C14H22N2O3. The number of carbonyl (C=O) groups is 1. The van der Waals surface area contributed by atoms with E-state index in [1.807, 2.05) is 31.2 Å². The molecule has 0 unspecified atom stereocenters. The maximum absolute atomic E-state index is 11.7. The summed E-state index contributed by atoms with van der Waals surface area (Å²) < 4.78 is 10.3. The van der Waals surface area contributed by atoms with E-state index in [2.05, 4.69) is 10.6 Å². The number of amides is 2. The zero-order valence-electron chi connectivity index (χ0n) is 11.6. The predicted molar refractivity (Wildman–Crippen MR) is 75.3 cm³/mol. The van der Waals surface area contributed by atoms with Gasteiger partial charge in [-0.25, -0.2) is 4.79 Å². The van der Waals surface area contributed by atoms with Crippen LogP contribution in [-0.2, 0) is 16.1 Å². The summed E-state index contributed by atoms with van der Waals surface area (Å²) in [5, 5.41) is 5.60. The fourth-order valence-electron chi connectivity index (χ4n) is 1.61. The van der Waals surface area contributed by atoms with Crippen molar-refractivity contribution in [1.82, 2.24) is 5.32 Å². The average molecular weight is 266 g/mol. The number of hydrogen-bond acceptors (Lipinski definition) is 3. The maximum atomic E-state index is 11.7. The molecule has 5 nitrogen and oxygen atoms in total. The molecule has 5 heteroatoms. The Morgan fingerprint density at radius 2 is 2.11 bits per heavy atom. The highest BCUT2D eigenvalue weighted by Crippen LogP contribution is 2.15. The van der Waals surface area contributed by atoms with Crippen LogP contribution in [0.2, 0.25) is 0 Å². The lowest BCUT2D eigenvalue weighted by atomic mass is 10.2. The zero-order valence-corrected chi connectivity index (χ0v) is 11.6. The van der Waals surface area contributed by atoms with Gasteiger partial charge in [-0.05, 0) is 19.4 Å². The Hall–Kier alpha value is -1.59. The van der Waals surface area contributed by atoms with Gasteiger partial charge in [0.05, 0.1) is 6.61 Å². The summed E-state index contributed by atoms with van der Waals surface area (Å²) in [7, 11) is 1.63. The first-order valence-electron chi connectivity index (χ1n) is 6.47. The average Bonchev–Trinajstić information content (AvgIpc) is 2.41. The third kappa shape index (κ3) is 6.22. The molecule has 0 saturated carbocycles. The van der Waals surface area contributed by atoms with Crippen LogP contribution in [0, 0.1) is 0 Å². The normalized spacial score (nSPS) is 10.2. The highest BCUT2D eigenvalue weighted by Gasteiger charge is 2.05. The lowest BCUT2D eigenvalue weighted by Crippen LogP contribution is -2.30. The fraction of sp³-hybridized carbons (Fsp3) is 0.500. The van der Waals surface area contributed by atoms with E-state index in [-0.39, 0.29) is 6.03 Å². The fourth-order valence-corrected chi connectivity index (χ4v) is 1.61. The molecule has 2 N–H and O–H groups in total. The van der Waals surface area contributed by atoms with E-state index in [1.54, 1.807) is 7.11 Å². The van der Waals surface area contributed by atoms with Gasteiger partial charge in [0.1, 0.15) is 0 Å². The van der Waals surface area contributed by atoms with E-state index in [1.165, 1.54) is 0 Å². The molecule has 1 aromatic carbocycles. The van der Waals surface area contributed by atoms with Gasteiger partial charge in [0.2, 0.25) is 0 Å². The van der Waals surface area contributed by atoms with Gasteiger partial charge >= 0.3 is 6.03 Å². The van der Waals surface area contributed by atoms with Crippen molar-refractivity contribution in [1.29, 1.82) is 0 Å². The van der Waals surface area contributed by atoms with Crippen LogP contribution in [0.5, 0.6) is 0 Å². The van der Waals surface area contributed by atoms with Gasteiger partial charge in [-0.3, -0.25) is 0 Å². The minimum atomic E-state index is -0.208. The first-order valence-corrected chi connectivity index (χ1v) is 6.47. The number of carbonyl (C=O) groups excluding carboxylic acids is 1. The number of nitrogens with one attached hydrogen (secondary N) is 2. The quantitative estimate of drug-likeness (QED) is 0.710. The minimum Gasteiger partial charge on any atom is -0.382 e. The molecule has 0 aliphatic heterocycles. The summed E-state index contributed by atoms with van der Waals surface area (Å²) >= 11 is 0. The zero-order chi connectivity index (χ0) is 13.9. The van der Waals surface area contributed by atoms with Crippen molar-refractivity contribution in [3.8, 4) is 0 Å². The van der Waals surface area contributed by atoms with E-state index < -0.39 is 0 Å². The summed E-state index contributed by atoms with van der Waals surface area (Å²) in [6.45, 7) is 4.39. The van der Waals surface area contributed by atoms with Gasteiger partial charge in [0, 0.05) is 38.1 Å². The SMILES string of the molecule is CCOCCCNC(=O)Nc1ccccc1COC. The lowest BCUT2D eigenvalue weighted by molar-refractivity contribution is 0.145. The number of rotatable bonds is 8. The lowest BCUT2D eigenvalue weighted by Gasteiger charge is -2.11. The molecule has 0 fully saturated rings. The van der Waals surface area contributed by atoms with Crippen molar-refractivity contribution in [2.24, 2.45) is 0 Å². The van der Waals surface area contributed by atoms with Crippen LogP contribution in [0.4, 0.5) is 10.5 Å². The molecule has 2 amide bonds. The van der Waals surface area contributed by atoms with Crippen molar-refractivity contribution in [2.45, 2.75) is 20.0 Å². The van der Waals surface area contributed by atoms with Gasteiger partial charge in [0.25, 0.3) is 0 Å². The van der Waals surface area contributed by atoms with Crippen LogP contribution in [0.15, 0.2) is 24.3 Å². The monoisotopic (exact) mass is 266 g/mol. The van der Waals surface area contributed by atoms with Gasteiger partial charge < -0.3 is 20.1 Å². The Labute approximate surface area is 114 Å². The second kappa shape index (κ2) is 9.35. The number of urea groups is 1. The smallest absolute Gasteiger partial charge is 0.319 e. The van der Waals surface area contributed by atoms with Crippen LogP contribution < -0.4 is 10.6 Å². The third-order valence-corrected chi connectivity index (χ3v) is 2.52. The molecule has 0 aliphatic carbocycles. The van der Waals surface area contributed by atoms with Crippen LogP contribution >= 0.6 is 0 Å². The topological polar surface area (TPSA) is 59.6 Å². The standard InChI is InChI=1S/C14H22N2O3/c1-3-19-10-6-9-15-14(17)16-13-8-5-4-7-12(13)11-18-2/h4-5,7-8H,3,6,9-11H2,1-2H3,(H2,15,16,17). The predicted octanol–water partition coefficient (Wildman–Crippen LogP) is 2.38. The van der Waals surface area contributed by atoms with Crippen LogP contribution in [0.1, 0.15) is 18.9 Å². The molecule has 0 saturated heterocycles. The van der Waals surface area contributed by atoms with Crippen molar-refractivity contribution < 1.29 is 14.3 Å².